The third-order valence-corrected chi connectivity index (χ3v) is 3.27. The summed E-state index contributed by atoms with van der Waals surface area (Å²) in [5.41, 5.74) is 9.03. The summed E-state index contributed by atoms with van der Waals surface area (Å²) in [6.07, 6.45) is 1.02. The molecule has 0 aliphatic heterocycles. The topological polar surface area (TPSA) is 29.3 Å². The van der Waals surface area contributed by atoms with Crippen LogP contribution in [0.1, 0.15) is 18.1 Å². The number of hydrogen-bond donors (Lipinski definition) is 1. The Morgan fingerprint density at radius 2 is 1.79 bits per heavy atom. The van der Waals surface area contributed by atoms with Crippen molar-refractivity contribution in [3.63, 3.8) is 0 Å². The minimum absolute atomic E-state index is 0.253. The lowest BCUT2D eigenvalue weighted by Gasteiger charge is -2.20. The van der Waals surface area contributed by atoms with Crippen LogP contribution in [0.2, 0.25) is 0 Å². The van der Waals surface area contributed by atoms with Gasteiger partial charge in [0.05, 0.1) is 0 Å². The minimum atomic E-state index is -0.253. The molecular weight excluding hydrogens is 239 g/mol. The summed E-state index contributed by atoms with van der Waals surface area (Å²) in [6.45, 7) is 2.65. The molecule has 0 heterocycles. The predicted molar refractivity (Wildman–Crippen MR) is 78.7 cm³/mol. The highest BCUT2D eigenvalue weighted by Crippen LogP contribution is 2.19. The summed E-state index contributed by atoms with van der Waals surface area (Å²) >= 11 is 0. The Balaban J connectivity index is 2.13. The molecule has 2 aromatic carbocycles. The van der Waals surface area contributed by atoms with E-state index >= 15 is 0 Å². The van der Waals surface area contributed by atoms with Crippen LogP contribution >= 0.6 is 0 Å². The van der Waals surface area contributed by atoms with Crippen molar-refractivity contribution < 1.29 is 4.39 Å². The molecule has 2 nitrogen and oxygen atoms in total. The maximum absolute atomic E-state index is 13.7. The van der Waals surface area contributed by atoms with Gasteiger partial charge < -0.3 is 10.6 Å². The van der Waals surface area contributed by atoms with Crippen LogP contribution in [0.15, 0.2) is 42.5 Å². The molecule has 0 amide bonds. The molecular formula is C16H19FN2. The van der Waals surface area contributed by atoms with Gasteiger partial charge in [-0.25, -0.2) is 4.39 Å². The number of nitrogen functional groups attached to an aromatic ring is 1. The number of nitrogens with zero attached hydrogens (tertiary/aromatic N) is 1. The number of benzene rings is 2. The molecule has 0 fully saturated rings. The molecule has 100 valence electrons. The van der Waals surface area contributed by atoms with Crippen molar-refractivity contribution in [1.82, 2.24) is 0 Å². The number of rotatable bonds is 4. The molecule has 0 atom stereocenters. The zero-order valence-electron chi connectivity index (χ0n) is 11.4. The number of anilines is 2. The first-order chi connectivity index (χ1) is 9.10. The van der Waals surface area contributed by atoms with Crippen molar-refractivity contribution in [2.75, 3.05) is 17.7 Å². The molecule has 2 rings (SSSR count). The smallest absolute Gasteiger partial charge is 0.130 e. The molecule has 0 saturated heterocycles. The fourth-order valence-corrected chi connectivity index (χ4v) is 2.02. The van der Waals surface area contributed by atoms with Crippen LogP contribution in [-0.2, 0) is 13.0 Å². The molecule has 0 spiro atoms. The average Bonchev–Trinajstić information content (AvgIpc) is 2.42. The molecule has 0 aromatic heterocycles. The van der Waals surface area contributed by atoms with Crippen LogP contribution in [0.25, 0.3) is 0 Å². The monoisotopic (exact) mass is 258 g/mol. The van der Waals surface area contributed by atoms with Crippen molar-refractivity contribution >= 4 is 11.4 Å². The van der Waals surface area contributed by atoms with Crippen molar-refractivity contribution in [1.29, 1.82) is 0 Å². The Hall–Kier alpha value is -2.03. The van der Waals surface area contributed by atoms with Crippen LogP contribution in [0.4, 0.5) is 15.8 Å². The summed E-state index contributed by atoms with van der Waals surface area (Å²) in [7, 11) is 1.96. The second-order valence-corrected chi connectivity index (χ2v) is 4.73. The van der Waals surface area contributed by atoms with Gasteiger partial charge in [0.2, 0.25) is 0 Å². The molecule has 0 bridgehead atoms. The van der Waals surface area contributed by atoms with E-state index in [1.165, 1.54) is 11.6 Å². The first-order valence-electron chi connectivity index (χ1n) is 6.44. The van der Waals surface area contributed by atoms with Gasteiger partial charge in [-0.3, -0.25) is 0 Å². The summed E-state index contributed by atoms with van der Waals surface area (Å²) in [4.78, 5) is 2.02. The average molecular weight is 258 g/mol. The number of hydrogen-bond acceptors (Lipinski definition) is 2. The zero-order valence-corrected chi connectivity index (χ0v) is 11.4. The Morgan fingerprint density at radius 1 is 1.11 bits per heavy atom. The van der Waals surface area contributed by atoms with Gasteiger partial charge >= 0.3 is 0 Å². The lowest BCUT2D eigenvalue weighted by atomic mass is 10.1. The summed E-state index contributed by atoms with van der Waals surface area (Å²) in [6, 6.07) is 13.2. The molecule has 3 heteroatoms. The zero-order chi connectivity index (χ0) is 13.8. The number of halogens is 1. The SMILES string of the molecule is CCc1ccc(N(C)Cc2ccc(N)cc2F)cc1. The van der Waals surface area contributed by atoms with Crippen molar-refractivity contribution in [2.24, 2.45) is 0 Å². The quantitative estimate of drug-likeness (QED) is 0.849. The second kappa shape index (κ2) is 5.74. The van der Waals surface area contributed by atoms with Crippen LogP contribution in [0.3, 0.4) is 0 Å². The maximum atomic E-state index is 13.7. The first kappa shape index (κ1) is 13.4. The van der Waals surface area contributed by atoms with E-state index in [0.717, 1.165) is 12.1 Å². The lowest BCUT2D eigenvalue weighted by Crippen LogP contribution is -2.17. The highest BCUT2D eigenvalue weighted by Gasteiger charge is 2.07. The predicted octanol–water partition coefficient (Wildman–Crippen LogP) is 3.61. The molecule has 0 unspecified atom stereocenters. The van der Waals surface area contributed by atoms with Gasteiger partial charge in [-0.15, -0.1) is 0 Å². The van der Waals surface area contributed by atoms with E-state index in [4.69, 9.17) is 5.73 Å². The Bertz CT molecular complexity index is 549. The van der Waals surface area contributed by atoms with Crippen LogP contribution in [0, 0.1) is 5.82 Å². The van der Waals surface area contributed by atoms with E-state index in [-0.39, 0.29) is 5.82 Å². The maximum Gasteiger partial charge on any atom is 0.130 e. The number of aryl methyl sites for hydroxylation is 1. The van der Waals surface area contributed by atoms with Gasteiger partial charge in [-0.2, -0.15) is 0 Å². The van der Waals surface area contributed by atoms with E-state index in [1.54, 1.807) is 12.1 Å². The molecule has 2 aromatic rings. The fourth-order valence-electron chi connectivity index (χ4n) is 2.02. The van der Waals surface area contributed by atoms with Crippen LogP contribution < -0.4 is 10.6 Å². The van der Waals surface area contributed by atoms with Crippen LogP contribution in [0.5, 0.6) is 0 Å². The van der Waals surface area contributed by atoms with Gasteiger partial charge in [-0.1, -0.05) is 25.1 Å². The Kier molecular flexibility index (Phi) is 4.05. The third kappa shape index (κ3) is 3.25. The van der Waals surface area contributed by atoms with E-state index in [9.17, 15) is 4.39 Å². The first-order valence-corrected chi connectivity index (χ1v) is 6.44. The number of nitrogens with two attached hydrogens (primary N) is 1. The van der Waals surface area contributed by atoms with Gasteiger partial charge in [-0.05, 0) is 36.2 Å². The summed E-state index contributed by atoms with van der Waals surface area (Å²) in [5, 5.41) is 0. The lowest BCUT2D eigenvalue weighted by molar-refractivity contribution is 0.608. The molecule has 2 N–H and O–H groups in total. The minimum Gasteiger partial charge on any atom is -0.399 e. The second-order valence-electron chi connectivity index (χ2n) is 4.73. The van der Waals surface area contributed by atoms with Crippen LogP contribution in [-0.4, -0.2) is 7.05 Å². The van der Waals surface area contributed by atoms with Crippen molar-refractivity contribution in [2.45, 2.75) is 19.9 Å². The summed E-state index contributed by atoms with van der Waals surface area (Å²) < 4.78 is 13.7. The molecule has 0 aliphatic rings. The molecule has 0 aliphatic carbocycles. The Morgan fingerprint density at radius 3 is 2.37 bits per heavy atom. The molecule has 0 radical (unpaired) electrons. The van der Waals surface area contributed by atoms with E-state index in [0.29, 0.717) is 17.8 Å². The molecule has 19 heavy (non-hydrogen) atoms. The standard InChI is InChI=1S/C16H19FN2/c1-3-12-4-8-15(9-5-12)19(2)11-13-6-7-14(18)10-16(13)17/h4-10H,3,11,18H2,1-2H3. The summed E-state index contributed by atoms with van der Waals surface area (Å²) in [5.74, 6) is -0.253. The largest absolute Gasteiger partial charge is 0.399 e. The Labute approximate surface area is 113 Å². The van der Waals surface area contributed by atoms with E-state index < -0.39 is 0 Å². The van der Waals surface area contributed by atoms with Crippen molar-refractivity contribution in [3.05, 3.63) is 59.4 Å². The van der Waals surface area contributed by atoms with Gasteiger partial charge in [0, 0.05) is 30.5 Å². The van der Waals surface area contributed by atoms with Gasteiger partial charge in [0.15, 0.2) is 0 Å². The normalized spacial score (nSPS) is 10.5. The fraction of sp³-hybridized carbons (Fsp3) is 0.250. The third-order valence-electron chi connectivity index (χ3n) is 3.27. The highest BCUT2D eigenvalue weighted by molar-refractivity contribution is 5.48. The highest BCUT2D eigenvalue weighted by atomic mass is 19.1. The van der Waals surface area contributed by atoms with E-state index in [1.807, 2.05) is 11.9 Å². The molecule has 0 saturated carbocycles. The van der Waals surface area contributed by atoms with E-state index in [2.05, 4.69) is 31.2 Å². The van der Waals surface area contributed by atoms with Gasteiger partial charge in [0.1, 0.15) is 5.82 Å². The van der Waals surface area contributed by atoms with Crippen molar-refractivity contribution in [3.8, 4) is 0 Å². The van der Waals surface area contributed by atoms with Gasteiger partial charge in [0.25, 0.3) is 0 Å².